The molecule has 54 heavy (non-hydrogen) atoms. The zero-order chi connectivity index (χ0) is 39.2. The first-order valence-corrected chi connectivity index (χ1v) is 19.9. The number of likely N-dealkylation sites (tertiary alicyclic amines) is 1. The van der Waals surface area contributed by atoms with Crippen molar-refractivity contribution in [3.63, 3.8) is 0 Å². The molecule has 1 aromatic carbocycles. The van der Waals surface area contributed by atoms with E-state index in [0.29, 0.717) is 30.9 Å². The second-order valence-corrected chi connectivity index (χ2v) is 15.6. The Morgan fingerprint density at radius 2 is 1.50 bits per heavy atom. The van der Waals surface area contributed by atoms with Crippen molar-refractivity contribution in [3.05, 3.63) is 35.9 Å². The Bertz CT molecular complexity index is 1460. The van der Waals surface area contributed by atoms with Gasteiger partial charge in [-0.1, -0.05) is 109 Å². The summed E-state index contributed by atoms with van der Waals surface area (Å²) in [6, 6.07) is 4.30. The van der Waals surface area contributed by atoms with Crippen LogP contribution in [0.2, 0.25) is 0 Å². The fourth-order valence-electron chi connectivity index (χ4n) is 8.15. The van der Waals surface area contributed by atoms with E-state index >= 15 is 0 Å². The van der Waals surface area contributed by atoms with Crippen molar-refractivity contribution in [2.45, 2.75) is 128 Å². The van der Waals surface area contributed by atoms with Crippen LogP contribution < -0.4 is 27.0 Å². The Labute approximate surface area is 318 Å². The lowest BCUT2D eigenvalue weighted by molar-refractivity contribution is -0.143. The Morgan fingerprint density at radius 3 is 2.11 bits per heavy atom. The van der Waals surface area contributed by atoms with Crippen LogP contribution in [0.1, 0.15) is 116 Å². The lowest BCUT2D eigenvalue weighted by Gasteiger charge is -2.35. The van der Waals surface area contributed by atoms with E-state index in [1.807, 2.05) is 20.8 Å². The molecule has 6 amide bonds. The second kappa shape index (κ2) is 20.8. The van der Waals surface area contributed by atoms with Gasteiger partial charge in [-0.05, 0) is 54.9 Å². The van der Waals surface area contributed by atoms with E-state index < -0.39 is 66.2 Å². The molecule has 1 saturated heterocycles. The SMILES string of the molecule is CCCC(NC(=O)C1CC(C2CCCCC2)CN1C(=O)[C@@H](NC(=O)OCC(C)C)C1CCCCC1)C(=O)C(=O)NCC(=O)N[C@H](C(N)=O)c1ccccc1. The lowest BCUT2D eigenvalue weighted by Crippen LogP contribution is -2.58. The normalized spacial score (nSPS) is 21.0. The summed E-state index contributed by atoms with van der Waals surface area (Å²) in [4.78, 5) is 94.5. The number of hydrogen-bond donors (Lipinski definition) is 5. The molecule has 0 bridgehead atoms. The molecule has 14 heteroatoms. The van der Waals surface area contributed by atoms with Crippen molar-refractivity contribution in [2.24, 2.45) is 29.4 Å². The van der Waals surface area contributed by atoms with Crippen LogP contribution in [0, 0.1) is 23.7 Å². The van der Waals surface area contributed by atoms with E-state index in [-0.39, 0.29) is 36.7 Å². The fourth-order valence-corrected chi connectivity index (χ4v) is 8.15. The van der Waals surface area contributed by atoms with Crippen LogP contribution in [-0.2, 0) is 33.5 Å². The van der Waals surface area contributed by atoms with E-state index in [1.165, 1.54) is 0 Å². The third-order valence-corrected chi connectivity index (χ3v) is 11.0. The van der Waals surface area contributed by atoms with Gasteiger partial charge < -0.3 is 36.6 Å². The number of nitrogens with zero attached hydrogens (tertiary/aromatic N) is 1. The van der Waals surface area contributed by atoms with Gasteiger partial charge in [-0.3, -0.25) is 28.8 Å². The van der Waals surface area contributed by atoms with Crippen LogP contribution in [0.5, 0.6) is 0 Å². The number of ether oxygens (including phenoxy) is 1. The number of primary amides is 1. The van der Waals surface area contributed by atoms with Crippen LogP contribution >= 0.6 is 0 Å². The van der Waals surface area contributed by atoms with Crippen molar-refractivity contribution in [2.75, 3.05) is 19.7 Å². The van der Waals surface area contributed by atoms with Gasteiger partial charge in [0.1, 0.15) is 18.1 Å². The maximum absolute atomic E-state index is 14.6. The molecular weight excluding hydrogens is 692 g/mol. The topological polar surface area (TPSA) is 206 Å². The molecule has 6 N–H and O–H groups in total. The number of rotatable bonds is 17. The van der Waals surface area contributed by atoms with Gasteiger partial charge in [0.25, 0.3) is 5.91 Å². The molecule has 0 aromatic heterocycles. The van der Waals surface area contributed by atoms with Crippen LogP contribution in [0.4, 0.5) is 4.79 Å². The number of hydrogen-bond acceptors (Lipinski definition) is 8. The number of amides is 6. The minimum absolute atomic E-state index is 0.0761. The minimum atomic E-state index is -1.20. The molecule has 2 aliphatic carbocycles. The van der Waals surface area contributed by atoms with Gasteiger partial charge in [0.05, 0.1) is 19.2 Å². The maximum Gasteiger partial charge on any atom is 0.407 e. The van der Waals surface area contributed by atoms with E-state index in [0.717, 1.165) is 64.2 Å². The second-order valence-electron chi connectivity index (χ2n) is 15.6. The Hall–Kier alpha value is -4.49. The smallest absolute Gasteiger partial charge is 0.407 e. The molecule has 0 radical (unpaired) electrons. The lowest BCUT2D eigenvalue weighted by atomic mass is 9.79. The van der Waals surface area contributed by atoms with Crippen LogP contribution in [0.3, 0.4) is 0 Å². The summed E-state index contributed by atoms with van der Waals surface area (Å²) in [5.41, 5.74) is 5.95. The molecule has 3 unspecified atom stereocenters. The van der Waals surface area contributed by atoms with Crippen molar-refractivity contribution in [1.82, 2.24) is 26.2 Å². The first-order chi connectivity index (χ1) is 25.9. The van der Waals surface area contributed by atoms with Gasteiger partial charge in [-0.25, -0.2) is 4.79 Å². The van der Waals surface area contributed by atoms with E-state index in [9.17, 15) is 33.6 Å². The predicted octanol–water partition coefficient (Wildman–Crippen LogP) is 3.43. The van der Waals surface area contributed by atoms with Crippen molar-refractivity contribution < 1.29 is 38.3 Å². The Balaban J connectivity index is 1.47. The highest BCUT2D eigenvalue weighted by Gasteiger charge is 2.46. The highest BCUT2D eigenvalue weighted by molar-refractivity contribution is 6.38. The number of nitrogens with two attached hydrogens (primary N) is 1. The first-order valence-electron chi connectivity index (χ1n) is 19.9. The third kappa shape index (κ3) is 12.0. The van der Waals surface area contributed by atoms with Crippen molar-refractivity contribution in [1.29, 1.82) is 0 Å². The number of carbonyl (C=O) groups excluding carboxylic acids is 7. The molecular formula is C40H60N6O8. The zero-order valence-corrected chi connectivity index (χ0v) is 32.1. The molecule has 4 rings (SSSR count). The highest BCUT2D eigenvalue weighted by atomic mass is 16.5. The molecule has 3 aliphatic rings. The zero-order valence-electron chi connectivity index (χ0n) is 32.1. The molecule has 3 fully saturated rings. The Morgan fingerprint density at radius 1 is 0.852 bits per heavy atom. The third-order valence-electron chi connectivity index (χ3n) is 11.0. The Kier molecular flexibility index (Phi) is 16.3. The molecule has 1 aliphatic heterocycles. The van der Waals surface area contributed by atoms with Gasteiger partial charge in [0, 0.05) is 6.54 Å². The fraction of sp³-hybridized carbons (Fsp3) is 0.675. The number of ketones is 1. The summed E-state index contributed by atoms with van der Waals surface area (Å²) in [6.07, 6.45) is 10.2. The predicted molar refractivity (Wildman–Crippen MR) is 201 cm³/mol. The summed E-state index contributed by atoms with van der Waals surface area (Å²) < 4.78 is 5.42. The van der Waals surface area contributed by atoms with Gasteiger partial charge in [0.15, 0.2) is 0 Å². The molecule has 14 nitrogen and oxygen atoms in total. The summed E-state index contributed by atoms with van der Waals surface area (Å²) >= 11 is 0. The van der Waals surface area contributed by atoms with Crippen LogP contribution in [0.25, 0.3) is 0 Å². The summed E-state index contributed by atoms with van der Waals surface area (Å²) in [7, 11) is 0. The molecule has 298 valence electrons. The van der Waals surface area contributed by atoms with E-state index in [4.69, 9.17) is 10.5 Å². The molecule has 1 aromatic rings. The maximum atomic E-state index is 14.6. The number of benzene rings is 1. The van der Waals surface area contributed by atoms with Gasteiger partial charge >= 0.3 is 6.09 Å². The summed E-state index contributed by atoms with van der Waals surface area (Å²) in [5, 5.41) is 10.4. The minimum Gasteiger partial charge on any atom is -0.449 e. The number of alkyl carbamates (subject to hydrolysis) is 1. The molecule has 1 heterocycles. The van der Waals surface area contributed by atoms with Crippen molar-refractivity contribution in [3.8, 4) is 0 Å². The number of carbonyl (C=O) groups is 7. The number of Topliss-reactive ketones (excluding diaryl/α,β-unsaturated/α-hetero) is 1. The van der Waals surface area contributed by atoms with Crippen LogP contribution in [-0.4, -0.2) is 84.1 Å². The van der Waals surface area contributed by atoms with E-state index in [1.54, 1.807) is 35.2 Å². The standard InChI is InChI=1S/C40H60N6O8/c1-4-14-30(35(48)38(51)42-22-32(47)44-33(36(41)49)27-17-10-6-11-18-27)43-37(50)31-21-29(26-15-8-5-9-16-26)23-46(31)39(52)34(28-19-12-7-13-20-28)45-40(53)54-24-25(2)3/h6,10-11,17-18,25-26,28-31,33-34H,4-5,7-9,12-16,19-24H2,1-3H3,(H2,41,49)(H,42,51)(H,43,50)(H,44,47)(H,45,53)/t29?,30?,31?,33-,34-/m0/s1. The quantitative estimate of drug-likeness (QED) is 0.149. The largest absolute Gasteiger partial charge is 0.449 e. The monoisotopic (exact) mass is 752 g/mol. The van der Waals surface area contributed by atoms with Crippen molar-refractivity contribution >= 4 is 41.4 Å². The average molecular weight is 753 g/mol. The first kappa shape index (κ1) is 42.3. The highest BCUT2D eigenvalue weighted by Crippen LogP contribution is 2.39. The summed E-state index contributed by atoms with van der Waals surface area (Å²) in [6.45, 7) is 5.65. The van der Waals surface area contributed by atoms with Gasteiger partial charge in [0.2, 0.25) is 29.4 Å². The van der Waals surface area contributed by atoms with Gasteiger partial charge in [-0.15, -0.1) is 0 Å². The van der Waals surface area contributed by atoms with E-state index in [2.05, 4.69) is 21.3 Å². The average Bonchev–Trinajstić information content (AvgIpc) is 3.63. The number of nitrogens with one attached hydrogen (secondary N) is 4. The van der Waals surface area contributed by atoms with Gasteiger partial charge in [-0.2, -0.15) is 0 Å². The summed E-state index contributed by atoms with van der Waals surface area (Å²) in [5.74, 6) is -3.93. The molecule has 0 spiro atoms. The van der Waals surface area contributed by atoms with Crippen LogP contribution in [0.15, 0.2) is 30.3 Å². The molecule has 2 saturated carbocycles. The molecule has 5 atom stereocenters.